The molecule has 0 unspecified atom stereocenters. The molecule has 1 amide bonds. The Hall–Kier alpha value is -3.79. The highest BCUT2D eigenvalue weighted by Crippen LogP contribution is 2.33. The van der Waals surface area contributed by atoms with E-state index in [1.165, 1.54) is 45.7 Å². The number of benzene rings is 2. The third kappa shape index (κ3) is 4.69. The SMILES string of the molecule is CN1CCN(Cc2ccccc2-c2ccc3[nH]c4c(c3c2)CCN(c2ncc(C(=O)NO)cn2)C4)CC1. The Labute approximate surface area is 215 Å². The van der Waals surface area contributed by atoms with Gasteiger partial charge in [-0.1, -0.05) is 30.3 Å². The third-order valence-electron chi connectivity index (χ3n) is 7.58. The van der Waals surface area contributed by atoms with Gasteiger partial charge in [0.05, 0.1) is 12.1 Å². The first kappa shape index (κ1) is 23.6. The molecule has 0 bridgehead atoms. The summed E-state index contributed by atoms with van der Waals surface area (Å²) in [6.45, 7) is 6.88. The maximum Gasteiger partial charge on any atom is 0.277 e. The van der Waals surface area contributed by atoms with Crippen molar-refractivity contribution < 1.29 is 10.0 Å². The molecule has 9 nitrogen and oxygen atoms in total. The predicted octanol–water partition coefficient (Wildman–Crippen LogP) is 3.05. The number of rotatable bonds is 5. The second-order valence-electron chi connectivity index (χ2n) is 9.96. The first-order valence-corrected chi connectivity index (χ1v) is 12.7. The second kappa shape index (κ2) is 9.93. The van der Waals surface area contributed by atoms with E-state index in [0.29, 0.717) is 12.5 Å². The van der Waals surface area contributed by atoms with Crippen LogP contribution in [-0.2, 0) is 19.5 Å². The van der Waals surface area contributed by atoms with E-state index in [2.05, 4.69) is 79.2 Å². The lowest BCUT2D eigenvalue weighted by atomic mass is 9.96. The number of hydroxylamine groups is 1. The standard InChI is InChI=1S/C28H31N7O2/c1-33-10-12-34(13-11-33)17-20-4-2-3-5-22(20)19-6-7-25-24(14-19)23-8-9-35(18-26(23)31-25)28-29-15-21(16-30-28)27(36)32-37/h2-7,14-16,31,37H,8-13,17-18H2,1H3,(H,32,36). The molecule has 4 heterocycles. The molecule has 37 heavy (non-hydrogen) atoms. The number of aromatic nitrogens is 3. The van der Waals surface area contributed by atoms with Crippen LogP contribution in [0, 0.1) is 0 Å². The molecule has 0 radical (unpaired) electrons. The van der Waals surface area contributed by atoms with Crippen molar-refractivity contribution >= 4 is 22.8 Å². The molecule has 2 aliphatic heterocycles. The van der Waals surface area contributed by atoms with Crippen LogP contribution in [0.3, 0.4) is 0 Å². The zero-order valence-electron chi connectivity index (χ0n) is 20.9. The van der Waals surface area contributed by atoms with Gasteiger partial charge in [0, 0.05) is 68.3 Å². The van der Waals surface area contributed by atoms with Gasteiger partial charge < -0.3 is 14.8 Å². The molecule has 3 N–H and O–H groups in total. The Morgan fingerprint density at radius 3 is 2.62 bits per heavy atom. The Morgan fingerprint density at radius 2 is 1.84 bits per heavy atom. The smallest absolute Gasteiger partial charge is 0.277 e. The summed E-state index contributed by atoms with van der Waals surface area (Å²) in [6, 6.07) is 15.5. The second-order valence-corrected chi connectivity index (χ2v) is 9.96. The van der Waals surface area contributed by atoms with Crippen molar-refractivity contribution in [3.63, 3.8) is 0 Å². The number of anilines is 1. The van der Waals surface area contributed by atoms with E-state index in [0.717, 1.165) is 51.2 Å². The monoisotopic (exact) mass is 497 g/mol. The third-order valence-corrected chi connectivity index (χ3v) is 7.58. The zero-order chi connectivity index (χ0) is 25.4. The first-order chi connectivity index (χ1) is 18.1. The highest BCUT2D eigenvalue weighted by molar-refractivity contribution is 5.93. The normalized spacial score (nSPS) is 16.6. The van der Waals surface area contributed by atoms with Gasteiger partial charge in [0.25, 0.3) is 5.91 Å². The summed E-state index contributed by atoms with van der Waals surface area (Å²) in [6.07, 6.45) is 3.74. The fourth-order valence-electron chi connectivity index (χ4n) is 5.43. The average molecular weight is 498 g/mol. The van der Waals surface area contributed by atoms with Crippen LogP contribution < -0.4 is 10.4 Å². The molecule has 2 aliphatic rings. The summed E-state index contributed by atoms with van der Waals surface area (Å²) in [7, 11) is 2.19. The molecule has 190 valence electrons. The number of hydrogen-bond donors (Lipinski definition) is 3. The number of nitrogens with zero attached hydrogens (tertiary/aromatic N) is 5. The quantitative estimate of drug-likeness (QED) is 0.288. The Morgan fingerprint density at radius 1 is 1.05 bits per heavy atom. The number of carbonyl (C=O) groups excluding carboxylic acids is 1. The number of carbonyl (C=O) groups is 1. The molecule has 1 fully saturated rings. The lowest BCUT2D eigenvalue weighted by Crippen LogP contribution is -2.43. The number of amides is 1. The van der Waals surface area contributed by atoms with Crippen molar-refractivity contribution in [1.82, 2.24) is 30.2 Å². The molecule has 9 heteroatoms. The molecular formula is C28H31N7O2. The van der Waals surface area contributed by atoms with Gasteiger partial charge >= 0.3 is 0 Å². The molecule has 0 spiro atoms. The van der Waals surface area contributed by atoms with Crippen molar-refractivity contribution in [3.8, 4) is 11.1 Å². The topological polar surface area (TPSA) is 101 Å². The molecule has 6 rings (SSSR count). The number of aromatic amines is 1. The van der Waals surface area contributed by atoms with Crippen LogP contribution in [0.5, 0.6) is 0 Å². The lowest BCUT2D eigenvalue weighted by molar-refractivity contribution is 0.0705. The van der Waals surface area contributed by atoms with E-state index in [-0.39, 0.29) is 5.56 Å². The molecule has 2 aromatic heterocycles. The number of hydrogen-bond acceptors (Lipinski definition) is 7. The van der Waals surface area contributed by atoms with E-state index < -0.39 is 5.91 Å². The van der Waals surface area contributed by atoms with Gasteiger partial charge in [0.2, 0.25) is 5.95 Å². The van der Waals surface area contributed by atoms with Crippen molar-refractivity contribution in [2.24, 2.45) is 0 Å². The molecular weight excluding hydrogens is 466 g/mol. The maximum absolute atomic E-state index is 11.6. The van der Waals surface area contributed by atoms with Gasteiger partial charge in [-0.05, 0) is 47.9 Å². The minimum atomic E-state index is -0.621. The van der Waals surface area contributed by atoms with Crippen molar-refractivity contribution in [1.29, 1.82) is 0 Å². The van der Waals surface area contributed by atoms with E-state index >= 15 is 0 Å². The largest absolute Gasteiger partial charge is 0.357 e. The zero-order valence-corrected chi connectivity index (χ0v) is 20.9. The molecule has 2 aromatic carbocycles. The number of H-pyrrole nitrogens is 1. The average Bonchev–Trinajstić information content (AvgIpc) is 3.31. The minimum absolute atomic E-state index is 0.218. The fourth-order valence-corrected chi connectivity index (χ4v) is 5.43. The number of nitrogens with one attached hydrogen (secondary N) is 2. The predicted molar refractivity (Wildman–Crippen MR) is 143 cm³/mol. The number of likely N-dealkylation sites (N-methyl/N-ethyl adjacent to an activating group) is 1. The minimum Gasteiger partial charge on any atom is -0.357 e. The number of fused-ring (bicyclic) bond motifs is 3. The van der Waals surface area contributed by atoms with Crippen molar-refractivity contribution in [3.05, 3.63) is 77.2 Å². The molecule has 0 aliphatic carbocycles. The summed E-state index contributed by atoms with van der Waals surface area (Å²) in [4.78, 5) is 30.9. The first-order valence-electron chi connectivity index (χ1n) is 12.7. The molecule has 0 saturated carbocycles. The van der Waals surface area contributed by atoms with Gasteiger partial charge in [-0.15, -0.1) is 0 Å². The maximum atomic E-state index is 11.6. The fraction of sp³-hybridized carbons (Fsp3) is 0.321. The van der Waals surface area contributed by atoms with Crippen molar-refractivity contribution in [2.45, 2.75) is 19.5 Å². The van der Waals surface area contributed by atoms with E-state index in [1.807, 2.05) is 0 Å². The molecule has 0 atom stereocenters. The van der Waals surface area contributed by atoms with Crippen LogP contribution in [0.2, 0.25) is 0 Å². The van der Waals surface area contributed by atoms with E-state index in [9.17, 15) is 4.79 Å². The van der Waals surface area contributed by atoms with Crippen LogP contribution in [0.25, 0.3) is 22.0 Å². The van der Waals surface area contributed by atoms with Gasteiger partial charge in [-0.2, -0.15) is 0 Å². The highest BCUT2D eigenvalue weighted by Gasteiger charge is 2.23. The van der Waals surface area contributed by atoms with Crippen LogP contribution in [0.4, 0.5) is 5.95 Å². The van der Waals surface area contributed by atoms with Crippen LogP contribution in [0.1, 0.15) is 27.2 Å². The summed E-state index contributed by atoms with van der Waals surface area (Å²) in [5, 5.41) is 10.1. The van der Waals surface area contributed by atoms with E-state index in [4.69, 9.17) is 5.21 Å². The van der Waals surface area contributed by atoms with Gasteiger partial charge in [0.1, 0.15) is 0 Å². The van der Waals surface area contributed by atoms with Crippen molar-refractivity contribution in [2.75, 3.05) is 44.7 Å². The summed E-state index contributed by atoms with van der Waals surface area (Å²) < 4.78 is 0. The van der Waals surface area contributed by atoms with Gasteiger partial charge in [-0.3, -0.25) is 14.9 Å². The van der Waals surface area contributed by atoms with Gasteiger partial charge in [-0.25, -0.2) is 15.4 Å². The Bertz CT molecular complexity index is 1420. The molecule has 4 aromatic rings. The van der Waals surface area contributed by atoms with E-state index in [1.54, 1.807) is 5.48 Å². The molecule has 1 saturated heterocycles. The highest BCUT2D eigenvalue weighted by atomic mass is 16.5. The number of piperazine rings is 1. The Kier molecular flexibility index (Phi) is 6.33. The van der Waals surface area contributed by atoms with Crippen LogP contribution >= 0.6 is 0 Å². The summed E-state index contributed by atoms with van der Waals surface area (Å²) in [5.41, 5.74) is 9.41. The summed E-state index contributed by atoms with van der Waals surface area (Å²) >= 11 is 0. The van der Waals surface area contributed by atoms with Crippen LogP contribution in [0.15, 0.2) is 54.9 Å². The van der Waals surface area contributed by atoms with Crippen LogP contribution in [-0.4, -0.2) is 75.6 Å². The van der Waals surface area contributed by atoms with Gasteiger partial charge in [0.15, 0.2) is 0 Å². The summed E-state index contributed by atoms with van der Waals surface area (Å²) in [5.74, 6) is -0.0543. The Balaban J connectivity index is 1.25. The lowest BCUT2D eigenvalue weighted by Gasteiger charge is -2.32.